The molecule has 0 radical (unpaired) electrons. The molecule has 1 unspecified atom stereocenters. The Morgan fingerprint density at radius 3 is 2.58 bits per heavy atom. The molecule has 31 heavy (non-hydrogen) atoms. The molecule has 1 atom stereocenters. The number of hydrogen-bond acceptors (Lipinski definition) is 5. The zero-order valence-corrected chi connectivity index (χ0v) is 17.7. The number of likely N-dealkylation sites (tertiary alicyclic amines) is 1. The molecule has 1 aliphatic heterocycles. The van der Waals surface area contributed by atoms with Gasteiger partial charge < -0.3 is 14.7 Å². The van der Waals surface area contributed by atoms with Crippen molar-refractivity contribution in [3.8, 4) is 11.1 Å². The molecule has 1 heterocycles. The summed E-state index contributed by atoms with van der Waals surface area (Å²) in [7, 11) is 0. The van der Waals surface area contributed by atoms with Crippen molar-refractivity contribution < 1.29 is 24.2 Å². The standard InChI is InChI=1S/C18H16N2O2.C6H12O3/c21-12-20(16-10-14-6-7-15(14)16)17-8-9-18(22)19(17)11-13-4-2-1-3-5-13;1-2-3-6(8)9-5-4-7/h1-7,10,12,17H,8-9,11H2;7H,2-5H2,1H3. The van der Waals surface area contributed by atoms with Crippen LogP contribution in [-0.4, -0.2) is 47.7 Å². The first-order valence-electron chi connectivity index (χ1n) is 10.6. The van der Waals surface area contributed by atoms with Crippen LogP contribution in [0.25, 0.3) is 11.1 Å². The molecule has 1 aromatic rings. The Balaban J connectivity index is 0.000000259. The first kappa shape index (κ1) is 22.5. The summed E-state index contributed by atoms with van der Waals surface area (Å²) in [5.41, 5.74) is 4.34. The van der Waals surface area contributed by atoms with Crippen molar-refractivity contribution in [1.29, 1.82) is 0 Å². The largest absolute Gasteiger partial charge is 0.463 e. The highest BCUT2D eigenvalue weighted by molar-refractivity contribution is 5.98. The number of nitrogens with zero attached hydrogens (tertiary/aromatic N) is 2. The van der Waals surface area contributed by atoms with Gasteiger partial charge in [0, 0.05) is 24.9 Å². The molecule has 0 saturated carbocycles. The van der Waals surface area contributed by atoms with Crippen molar-refractivity contribution in [2.24, 2.45) is 0 Å². The lowest BCUT2D eigenvalue weighted by molar-refractivity contribution is -0.144. The summed E-state index contributed by atoms with van der Waals surface area (Å²) in [6, 6.07) is 16.0. The molecular formula is C24H28N2O5. The Morgan fingerprint density at radius 2 is 2.03 bits per heavy atom. The van der Waals surface area contributed by atoms with Gasteiger partial charge >= 0.3 is 5.97 Å². The van der Waals surface area contributed by atoms with E-state index < -0.39 is 0 Å². The average molecular weight is 424 g/mol. The van der Waals surface area contributed by atoms with E-state index in [4.69, 9.17) is 5.11 Å². The summed E-state index contributed by atoms with van der Waals surface area (Å²) in [5.74, 6) is -0.120. The number of aliphatic hydroxyl groups is 1. The van der Waals surface area contributed by atoms with E-state index in [1.807, 2.05) is 60.4 Å². The molecule has 1 N–H and O–H groups in total. The Labute approximate surface area is 182 Å². The van der Waals surface area contributed by atoms with Crippen LogP contribution in [0.15, 0.2) is 48.5 Å². The van der Waals surface area contributed by atoms with Gasteiger partial charge in [-0.05, 0) is 30.0 Å². The highest BCUT2D eigenvalue weighted by Crippen LogP contribution is 2.44. The number of esters is 1. The van der Waals surface area contributed by atoms with Gasteiger partial charge in [0.05, 0.1) is 12.3 Å². The van der Waals surface area contributed by atoms with Crippen molar-refractivity contribution in [3.63, 3.8) is 0 Å². The molecule has 0 aromatic heterocycles. The maximum Gasteiger partial charge on any atom is 0.305 e. The number of ether oxygens (including phenoxy) is 1. The zero-order chi connectivity index (χ0) is 22.2. The van der Waals surface area contributed by atoms with E-state index in [0.29, 0.717) is 25.8 Å². The van der Waals surface area contributed by atoms with Gasteiger partial charge in [-0.15, -0.1) is 0 Å². The fraction of sp³-hybridized carbons (Fsp3) is 0.375. The highest BCUT2D eigenvalue weighted by atomic mass is 16.5. The lowest BCUT2D eigenvalue weighted by atomic mass is 9.90. The number of rotatable bonds is 9. The van der Waals surface area contributed by atoms with E-state index in [2.05, 4.69) is 4.74 Å². The summed E-state index contributed by atoms with van der Waals surface area (Å²) < 4.78 is 4.54. The second kappa shape index (κ2) is 10.7. The normalized spacial score (nSPS) is 15.7. The molecule has 4 rings (SSSR count). The van der Waals surface area contributed by atoms with Gasteiger partial charge in [0.1, 0.15) is 12.8 Å². The second-order valence-corrected chi connectivity index (χ2v) is 7.47. The third-order valence-electron chi connectivity index (χ3n) is 5.32. The predicted octanol–water partition coefficient (Wildman–Crippen LogP) is 3.10. The third kappa shape index (κ3) is 5.30. The van der Waals surface area contributed by atoms with E-state index in [-0.39, 0.29) is 31.3 Å². The molecular weight excluding hydrogens is 396 g/mol. The smallest absolute Gasteiger partial charge is 0.305 e. The SMILES string of the molecule is CCCC(=O)OCCO.O=CN(c1cc2ccc1-2)C1CCC(=O)N1Cc1ccccc1. The number of benzene rings is 2. The van der Waals surface area contributed by atoms with Crippen LogP contribution in [0.5, 0.6) is 0 Å². The van der Waals surface area contributed by atoms with Crippen LogP contribution < -0.4 is 4.90 Å². The lowest BCUT2D eigenvalue weighted by Crippen LogP contribution is -2.46. The number of carbonyl (C=O) groups is 3. The molecule has 2 aliphatic carbocycles. The maximum atomic E-state index is 12.2. The number of aliphatic hydroxyl groups excluding tert-OH is 1. The number of carbonyl (C=O) groups excluding carboxylic acids is 3. The number of amides is 2. The summed E-state index contributed by atoms with van der Waals surface area (Å²) in [6.45, 7) is 2.48. The minimum atomic E-state index is -0.230. The monoisotopic (exact) mass is 424 g/mol. The van der Waals surface area contributed by atoms with Gasteiger partial charge in [0.2, 0.25) is 12.3 Å². The molecule has 2 amide bonds. The van der Waals surface area contributed by atoms with Crippen molar-refractivity contribution in [2.75, 3.05) is 18.1 Å². The quantitative estimate of drug-likeness (QED) is 0.421. The molecule has 164 valence electrons. The zero-order valence-electron chi connectivity index (χ0n) is 17.7. The fourth-order valence-electron chi connectivity index (χ4n) is 3.69. The third-order valence-corrected chi connectivity index (χ3v) is 5.32. The van der Waals surface area contributed by atoms with Gasteiger partial charge in [-0.2, -0.15) is 0 Å². The van der Waals surface area contributed by atoms with E-state index in [1.165, 1.54) is 5.56 Å². The number of hydrogen-bond donors (Lipinski definition) is 1. The minimum absolute atomic E-state index is 0.0878. The lowest BCUT2D eigenvalue weighted by Gasteiger charge is -2.36. The van der Waals surface area contributed by atoms with Crippen molar-refractivity contribution >= 4 is 24.0 Å². The van der Waals surface area contributed by atoms with E-state index in [9.17, 15) is 14.4 Å². The first-order chi connectivity index (χ1) is 15.1. The topological polar surface area (TPSA) is 87.1 Å². The van der Waals surface area contributed by atoms with Crippen LogP contribution in [0.4, 0.5) is 5.69 Å². The molecule has 1 aromatic carbocycles. The van der Waals surface area contributed by atoms with E-state index in [0.717, 1.165) is 29.6 Å². The maximum absolute atomic E-state index is 12.2. The van der Waals surface area contributed by atoms with Crippen molar-refractivity contribution in [1.82, 2.24) is 4.90 Å². The molecule has 7 heteroatoms. The molecule has 7 nitrogen and oxygen atoms in total. The molecule has 1 saturated heterocycles. The Bertz CT molecular complexity index is 915. The second-order valence-electron chi connectivity index (χ2n) is 7.47. The summed E-state index contributed by atoms with van der Waals surface area (Å²) >= 11 is 0. The van der Waals surface area contributed by atoms with Gasteiger partial charge in [-0.3, -0.25) is 19.3 Å². The molecule has 3 aliphatic rings. The van der Waals surface area contributed by atoms with E-state index >= 15 is 0 Å². The Hall–Kier alpha value is -3.19. The summed E-state index contributed by atoms with van der Waals surface area (Å²) in [4.78, 5) is 37.8. The number of fused-ring (bicyclic) bond motifs is 1. The van der Waals surface area contributed by atoms with Crippen LogP contribution in [-0.2, 0) is 25.7 Å². The molecule has 1 fully saturated rings. The Kier molecular flexibility index (Phi) is 7.78. The minimum Gasteiger partial charge on any atom is -0.463 e. The summed E-state index contributed by atoms with van der Waals surface area (Å²) in [6.07, 6.45) is 3.10. The number of anilines is 1. The van der Waals surface area contributed by atoms with Crippen molar-refractivity contribution in [3.05, 3.63) is 54.1 Å². The first-order valence-corrected chi connectivity index (χ1v) is 10.6. The highest BCUT2D eigenvalue weighted by Gasteiger charge is 2.37. The van der Waals surface area contributed by atoms with Crippen LogP contribution in [0, 0.1) is 0 Å². The van der Waals surface area contributed by atoms with Crippen LogP contribution >= 0.6 is 0 Å². The summed E-state index contributed by atoms with van der Waals surface area (Å²) in [5, 5.41) is 8.21. The van der Waals surface area contributed by atoms with Gasteiger partial charge in [0.15, 0.2) is 0 Å². The van der Waals surface area contributed by atoms with Crippen molar-refractivity contribution in [2.45, 2.75) is 45.3 Å². The molecule has 0 bridgehead atoms. The van der Waals surface area contributed by atoms with Crippen LogP contribution in [0.2, 0.25) is 0 Å². The van der Waals surface area contributed by atoms with Gasteiger partial charge in [0.25, 0.3) is 0 Å². The van der Waals surface area contributed by atoms with Crippen LogP contribution in [0.3, 0.4) is 0 Å². The van der Waals surface area contributed by atoms with E-state index in [1.54, 1.807) is 4.90 Å². The predicted molar refractivity (Wildman–Crippen MR) is 117 cm³/mol. The fourth-order valence-corrected chi connectivity index (χ4v) is 3.69. The Morgan fingerprint density at radius 1 is 1.26 bits per heavy atom. The molecule has 0 spiro atoms. The van der Waals surface area contributed by atoms with Crippen LogP contribution in [0.1, 0.15) is 38.2 Å². The van der Waals surface area contributed by atoms with Gasteiger partial charge in [-0.1, -0.05) is 49.4 Å². The van der Waals surface area contributed by atoms with Gasteiger partial charge in [-0.25, -0.2) is 0 Å². The average Bonchev–Trinajstić information content (AvgIpc) is 3.12.